The van der Waals surface area contributed by atoms with Gasteiger partial charge < -0.3 is 11.1 Å². The zero-order valence-electron chi connectivity index (χ0n) is 14.7. The largest absolute Gasteiger partial charge is 0.383 e. The number of fused-ring (bicyclic) bond motifs is 1. The quantitative estimate of drug-likeness (QED) is 0.497. The molecule has 1 fully saturated rings. The number of hydrogen-bond donors (Lipinski definition) is 2. The van der Waals surface area contributed by atoms with Crippen molar-refractivity contribution in [2.24, 2.45) is 0 Å². The second-order valence-corrected chi connectivity index (χ2v) is 7.62. The van der Waals surface area contributed by atoms with Gasteiger partial charge in [-0.15, -0.1) is 5.10 Å². The van der Waals surface area contributed by atoms with Crippen LogP contribution in [0, 0.1) is 0 Å². The molecule has 0 unspecified atom stereocenters. The monoisotopic (exact) mass is 410 g/mol. The minimum absolute atomic E-state index is 0.410. The first-order valence-corrected chi connectivity index (χ1v) is 9.69. The minimum Gasteiger partial charge on any atom is -0.383 e. The van der Waals surface area contributed by atoms with Crippen LogP contribution in [0.3, 0.4) is 0 Å². The van der Waals surface area contributed by atoms with Crippen molar-refractivity contribution < 1.29 is 0 Å². The molecule has 1 aliphatic carbocycles. The standard InChI is InChI=1S/C20H16Cl2N6/c21-12-5-3-4-11(10-12)17-16-18(23)28(15-7-2-1-6-14(15)22)27-19(16)26-20(25-17)24-13-8-9-13/h1-7,10,13H,8-9,23H2,(H,24,26,27). The molecule has 1 aliphatic rings. The third kappa shape index (κ3) is 3.04. The van der Waals surface area contributed by atoms with Crippen LogP contribution >= 0.6 is 23.2 Å². The number of halogens is 2. The van der Waals surface area contributed by atoms with Gasteiger partial charge in [0.05, 0.1) is 21.8 Å². The number of hydrogen-bond acceptors (Lipinski definition) is 5. The molecular formula is C20H16Cl2N6. The van der Waals surface area contributed by atoms with E-state index in [9.17, 15) is 0 Å². The van der Waals surface area contributed by atoms with Gasteiger partial charge in [-0.1, -0.05) is 47.5 Å². The number of nitrogen functional groups attached to an aromatic ring is 1. The summed E-state index contributed by atoms with van der Waals surface area (Å²) in [6.45, 7) is 0. The third-order valence-electron chi connectivity index (χ3n) is 4.66. The maximum atomic E-state index is 6.49. The second kappa shape index (κ2) is 6.65. The summed E-state index contributed by atoms with van der Waals surface area (Å²) in [5.74, 6) is 0.963. The molecule has 2 aromatic heterocycles. The Kier molecular flexibility index (Phi) is 4.10. The highest BCUT2D eigenvalue weighted by atomic mass is 35.5. The molecule has 3 N–H and O–H groups in total. The average Bonchev–Trinajstić information content (AvgIpc) is 3.44. The first kappa shape index (κ1) is 17.3. The van der Waals surface area contributed by atoms with Gasteiger partial charge in [-0.3, -0.25) is 0 Å². The molecule has 0 amide bonds. The Morgan fingerprint density at radius 3 is 2.61 bits per heavy atom. The first-order valence-electron chi connectivity index (χ1n) is 8.94. The van der Waals surface area contributed by atoms with Crippen molar-refractivity contribution >= 4 is 46.0 Å². The molecule has 140 valence electrons. The Morgan fingerprint density at radius 2 is 1.86 bits per heavy atom. The number of anilines is 2. The Morgan fingerprint density at radius 1 is 1.04 bits per heavy atom. The Labute approximate surface area is 171 Å². The summed E-state index contributed by atoms with van der Waals surface area (Å²) in [5.41, 5.74) is 9.22. The topological polar surface area (TPSA) is 81.7 Å². The van der Waals surface area contributed by atoms with E-state index in [1.165, 1.54) is 0 Å². The van der Waals surface area contributed by atoms with Gasteiger partial charge in [0.15, 0.2) is 5.65 Å². The highest BCUT2D eigenvalue weighted by Gasteiger charge is 2.25. The molecule has 0 atom stereocenters. The van der Waals surface area contributed by atoms with Gasteiger partial charge in [0.1, 0.15) is 5.82 Å². The highest BCUT2D eigenvalue weighted by molar-refractivity contribution is 6.32. The van der Waals surface area contributed by atoms with Crippen LogP contribution < -0.4 is 11.1 Å². The summed E-state index contributed by atoms with van der Waals surface area (Å²) < 4.78 is 1.61. The van der Waals surface area contributed by atoms with Crippen LogP contribution in [0.2, 0.25) is 10.0 Å². The summed E-state index contributed by atoms with van der Waals surface area (Å²) in [5, 5.41) is 9.81. The van der Waals surface area contributed by atoms with Gasteiger partial charge in [-0.25, -0.2) is 9.67 Å². The lowest BCUT2D eigenvalue weighted by atomic mass is 10.1. The smallest absolute Gasteiger partial charge is 0.225 e. The van der Waals surface area contributed by atoms with Crippen LogP contribution in [0.15, 0.2) is 48.5 Å². The Hall–Kier alpha value is -2.83. The predicted octanol–water partition coefficient (Wildman–Crippen LogP) is 4.95. The average molecular weight is 411 g/mol. The number of nitrogens with zero attached hydrogens (tertiary/aromatic N) is 4. The van der Waals surface area contributed by atoms with Gasteiger partial charge in [0.25, 0.3) is 0 Å². The molecule has 1 saturated carbocycles. The lowest BCUT2D eigenvalue weighted by Crippen LogP contribution is -2.06. The number of nitrogens with one attached hydrogen (secondary N) is 1. The van der Waals surface area contributed by atoms with E-state index in [0.717, 1.165) is 18.4 Å². The molecule has 0 bridgehead atoms. The van der Waals surface area contributed by atoms with Crippen molar-refractivity contribution in [1.29, 1.82) is 0 Å². The van der Waals surface area contributed by atoms with Crippen molar-refractivity contribution in [3.63, 3.8) is 0 Å². The van der Waals surface area contributed by atoms with E-state index < -0.39 is 0 Å². The highest BCUT2D eigenvalue weighted by Crippen LogP contribution is 2.35. The minimum atomic E-state index is 0.410. The van der Waals surface area contributed by atoms with Gasteiger partial charge >= 0.3 is 0 Å². The fourth-order valence-corrected chi connectivity index (χ4v) is 3.54. The van der Waals surface area contributed by atoms with E-state index >= 15 is 0 Å². The lowest BCUT2D eigenvalue weighted by molar-refractivity contribution is 0.899. The summed E-state index contributed by atoms with van der Waals surface area (Å²) in [7, 11) is 0. The number of para-hydroxylation sites is 1. The number of nitrogens with two attached hydrogens (primary N) is 1. The van der Waals surface area contributed by atoms with Crippen LogP contribution in [-0.2, 0) is 0 Å². The number of rotatable bonds is 4. The molecule has 2 aromatic carbocycles. The fourth-order valence-electron chi connectivity index (χ4n) is 3.14. The molecule has 28 heavy (non-hydrogen) atoms. The molecule has 4 aromatic rings. The molecule has 5 rings (SSSR count). The molecule has 0 saturated heterocycles. The second-order valence-electron chi connectivity index (χ2n) is 6.77. The maximum Gasteiger partial charge on any atom is 0.225 e. The third-order valence-corrected chi connectivity index (χ3v) is 5.21. The van der Waals surface area contributed by atoms with E-state index in [1.54, 1.807) is 10.7 Å². The Bertz CT molecular complexity index is 1200. The lowest BCUT2D eigenvalue weighted by Gasteiger charge is -2.08. The van der Waals surface area contributed by atoms with Crippen molar-refractivity contribution in [2.45, 2.75) is 18.9 Å². The summed E-state index contributed by atoms with van der Waals surface area (Å²) >= 11 is 12.6. The molecule has 8 heteroatoms. The van der Waals surface area contributed by atoms with Crippen molar-refractivity contribution in [2.75, 3.05) is 11.1 Å². The number of aromatic nitrogens is 4. The van der Waals surface area contributed by atoms with E-state index in [1.807, 2.05) is 42.5 Å². The maximum absolute atomic E-state index is 6.49. The summed E-state index contributed by atoms with van der Waals surface area (Å²) in [6, 6.07) is 15.3. The normalized spacial score (nSPS) is 13.8. The molecule has 0 spiro atoms. The van der Waals surface area contributed by atoms with Crippen LogP contribution in [0.1, 0.15) is 12.8 Å². The zero-order chi connectivity index (χ0) is 19.3. The fraction of sp³-hybridized carbons (Fsp3) is 0.150. The van der Waals surface area contributed by atoms with E-state index in [-0.39, 0.29) is 0 Å². The van der Waals surface area contributed by atoms with Crippen LogP contribution in [0.25, 0.3) is 28.0 Å². The molecule has 0 aliphatic heterocycles. The van der Waals surface area contributed by atoms with Crippen LogP contribution in [-0.4, -0.2) is 25.8 Å². The van der Waals surface area contributed by atoms with Gasteiger partial charge in [-0.05, 0) is 37.1 Å². The Balaban J connectivity index is 1.77. The molecule has 2 heterocycles. The molecule has 0 radical (unpaired) electrons. The predicted molar refractivity (Wildman–Crippen MR) is 113 cm³/mol. The van der Waals surface area contributed by atoms with Gasteiger partial charge in [-0.2, -0.15) is 4.98 Å². The first-order chi connectivity index (χ1) is 13.6. The van der Waals surface area contributed by atoms with Crippen molar-refractivity contribution in [3.8, 4) is 16.9 Å². The van der Waals surface area contributed by atoms with Gasteiger partial charge in [0, 0.05) is 16.6 Å². The van der Waals surface area contributed by atoms with E-state index in [0.29, 0.717) is 50.3 Å². The molecular weight excluding hydrogens is 395 g/mol. The van der Waals surface area contributed by atoms with Gasteiger partial charge in [0.2, 0.25) is 5.95 Å². The van der Waals surface area contributed by atoms with Crippen molar-refractivity contribution in [3.05, 3.63) is 58.6 Å². The van der Waals surface area contributed by atoms with E-state index in [4.69, 9.17) is 33.9 Å². The summed E-state index contributed by atoms with van der Waals surface area (Å²) in [6.07, 6.45) is 2.23. The number of benzene rings is 2. The van der Waals surface area contributed by atoms with Crippen LogP contribution in [0.4, 0.5) is 11.8 Å². The summed E-state index contributed by atoms with van der Waals surface area (Å²) in [4.78, 5) is 9.33. The van der Waals surface area contributed by atoms with E-state index in [2.05, 4.69) is 15.4 Å². The van der Waals surface area contributed by atoms with Crippen molar-refractivity contribution in [1.82, 2.24) is 19.7 Å². The zero-order valence-corrected chi connectivity index (χ0v) is 16.2. The van der Waals surface area contributed by atoms with Crippen LogP contribution in [0.5, 0.6) is 0 Å². The molecule has 6 nitrogen and oxygen atoms in total. The SMILES string of the molecule is Nc1c2c(-c3cccc(Cl)c3)nc(NC3CC3)nc2nn1-c1ccccc1Cl.